The summed E-state index contributed by atoms with van der Waals surface area (Å²) in [7, 11) is 0. The Balaban J connectivity index is 1.41. The number of benzene rings is 2. The van der Waals surface area contributed by atoms with Crippen molar-refractivity contribution in [2.75, 3.05) is 13.1 Å². The third kappa shape index (κ3) is 4.88. The summed E-state index contributed by atoms with van der Waals surface area (Å²) < 4.78 is 14.8. The summed E-state index contributed by atoms with van der Waals surface area (Å²) in [6.07, 6.45) is 2.91. The summed E-state index contributed by atoms with van der Waals surface area (Å²) >= 11 is 0. The molecular formula is C22H25FN6O. The molecule has 2 atom stereocenters. The Morgan fingerprint density at radius 1 is 1.20 bits per heavy atom. The second-order valence-corrected chi connectivity index (χ2v) is 7.78. The molecule has 7 nitrogen and oxygen atoms in total. The molecule has 0 radical (unpaired) electrons. The van der Waals surface area contributed by atoms with Crippen LogP contribution in [0.5, 0.6) is 0 Å². The number of tetrazole rings is 1. The number of rotatable bonds is 7. The van der Waals surface area contributed by atoms with Gasteiger partial charge in [-0.15, -0.1) is 5.10 Å². The van der Waals surface area contributed by atoms with Gasteiger partial charge in [-0.05, 0) is 53.5 Å². The van der Waals surface area contributed by atoms with Gasteiger partial charge < -0.3 is 5.32 Å². The standard InChI is InChI=1S/C22H25FN6O/c1-16-3-2-4-18(11-16)13-28-14-20(29-15-25-26-27-29)12-21(28)22(30)24-10-9-17-5-7-19(23)8-6-17/h2-8,11,15,20-21H,9-10,12-14H2,1H3,(H,24,30)/t20-,21-/m0/s1. The summed E-state index contributed by atoms with van der Waals surface area (Å²) in [5.41, 5.74) is 3.37. The van der Waals surface area contributed by atoms with Crippen LogP contribution in [0.2, 0.25) is 0 Å². The van der Waals surface area contributed by atoms with E-state index in [1.54, 1.807) is 23.1 Å². The van der Waals surface area contributed by atoms with E-state index in [-0.39, 0.29) is 23.8 Å². The van der Waals surface area contributed by atoms with Crippen molar-refractivity contribution in [3.05, 3.63) is 77.4 Å². The molecule has 8 heteroatoms. The Bertz CT molecular complexity index is 976. The van der Waals surface area contributed by atoms with Gasteiger partial charge in [0.1, 0.15) is 12.1 Å². The largest absolute Gasteiger partial charge is 0.354 e. The van der Waals surface area contributed by atoms with Gasteiger partial charge >= 0.3 is 0 Å². The van der Waals surface area contributed by atoms with Gasteiger partial charge in [0.15, 0.2) is 0 Å². The number of aromatic nitrogens is 4. The lowest BCUT2D eigenvalue weighted by molar-refractivity contribution is -0.125. The first kappa shape index (κ1) is 20.2. The van der Waals surface area contributed by atoms with Gasteiger partial charge in [-0.3, -0.25) is 9.69 Å². The molecule has 4 rings (SSSR count). The van der Waals surface area contributed by atoms with E-state index in [4.69, 9.17) is 0 Å². The van der Waals surface area contributed by atoms with Crippen LogP contribution in [-0.4, -0.2) is 50.1 Å². The molecule has 0 spiro atoms. The Kier molecular flexibility index (Phi) is 6.13. The zero-order chi connectivity index (χ0) is 20.9. The quantitative estimate of drug-likeness (QED) is 0.649. The van der Waals surface area contributed by atoms with Crippen LogP contribution >= 0.6 is 0 Å². The minimum atomic E-state index is -0.257. The Hall–Kier alpha value is -3.13. The summed E-state index contributed by atoms with van der Waals surface area (Å²) in [5, 5.41) is 14.5. The van der Waals surface area contributed by atoms with Crippen molar-refractivity contribution >= 4 is 5.91 Å². The second kappa shape index (κ2) is 9.13. The van der Waals surface area contributed by atoms with E-state index in [1.807, 2.05) is 6.07 Å². The molecule has 0 bridgehead atoms. The van der Waals surface area contributed by atoms with Crippen LogP contribution in [-0.2, 0) is 17.8 Å². The van der Waals surface area contributed by atoms with E-state index in [0.717, 1.165) is 5.56 Å². The maximum atomic E-state index is 13.1. The lowest BCUT2D eigenvalue weighted by Gasteiger charge is -2.23. The SMILES string of the molecule is Cc1cccc(CN2C[C@@H](n3cnnn3)C[C@H]2C(=O)NCCc2ccc(F)cc2)c1. The average Bonchev–Trinajstić information content (AvgIpc) is 3.39. The number of amides is 1. The number of aryl methyl sites for hydroxylation is 1. The van der Waals surface area contributed by atoms with Crippen LogP contribution in [0.25, 0.3) is 0 Å². The number of hydrogen-bond acceptors (Lipinski definition) is 5. The van der Waals surface area contributed by atoms with Crippen molar-refractivity contribution in [1.82, 2.24) is 30.4 Å². The number of carbonyl (C=O) groups is 1. The van der Waals surface area contributed by atoms with Crippen molar-refractivity contribution in [2.24, 2.45) is 0 Å². The third-order valence-electron chi connectivity index (χ3n) is 5.52. The molecule has 0 saturated carbocycles. The summed E-state index contributed by atoms with van der Waals surface area (Å²) in [6.45, 7) is 3.97. The number of nitrogens with one attached hydrogen (secondary N) is 1. The molecule has 156 valence electrons. The molecule has 1 aliphatic rings. The molecule has 0 aliphatic carbocycles. The minimum Gasteiger partial charge on any atom is -0.354 e. The van der Waals surface area contributed by atoms with E-state index in [9.17, 15) is 9.18 Å². The predicted molar refractivity (Wildman–Crippen MR) is 110 cm³/mol. The molecule has 30 heavy (non-hydrogen) atoms. The van der Waals surface area contributed by atoms with E-state index in [0.29, 0.717) is 32.5 Å². The topological polar surface area (TPSA) is 75.9 Å². The average molecular weight is 408 g/mol. The van der Waals surface area contributed by atoms with Gasteiger partial charge in [0.25, 0.3) is 0 Å². The molecule has 1 aromatic heterocycles. The number of halogens is 1. The van der Waals surface area contributed by atoms with Crippen LogP contribution in [0.3, 0.4) is 0 Å². The van der Waals surface area contributed by atoms with Gasteiger partial charge in [-0.2, -0.15) is 0 Å². The van der Waals surface area contributed by atoms with Crippen molar-refractivity contribution in [2.45, 2.75) is 38.4 Å². The molecule has 3 aromatic rings. The second-order valence-electron chi connectivity index (χ2n) is 7.78. The number of nitrogens with zero attached hydrogens (tertiary/aromatic N) is 5. The highest BCUT2D eigenvalue weighted by Gasteiger charge is 2.38. The summed E-state index contributed by atoms with van der Waals surface area (Å²) in [5.74, 6) is -0.255. The minimum absolute atomic E-state index is 0.000314. The van der Waals surface area contributed by atoms with Gasteiger partial charge in [0, 0.05) is 19.6 Å². The molecule has 1 aliphatic heterocycles. The van der Waals surface area contributed by atoms with Crippen LogP contribution in [0.1, 0.15) is 29.2 Å². The normalized spacial score (nSPS) is 19.1. The lowest BCUT2D eigenvalue weighted by Crippen LogP contribution is -2.43. The van der Waals surface area contributed by atoms with Crippen LogP contribution in [0.4, 0.5) is 4.39 Å². The Labute approximate surface area is 174 Å². The molecule has 1 fully saturated rings. The van der Waals surface area contributed by atoms with Crippen molar-refractivity contribution in [3.63, 3.8) is 0 Å². The zero-order valence-corrected chi connectivity index (χ0v) is 16.9. The lowest BCUT2D eigenvalue weighted by atomic mass is 10.1. The maximum Gasteiger partial charge on any atom is 0.237 e. The number of hydrogen-bond donors (Lipinski definition) is 1. The molecule has 0 unspecified atom stereocenters. The predicted octanol–water partition coefficient (Wildman–Crippen LogP) is 2.30. The summed E-state index contributed by atoms with van der Waals surface area (Å²) in [4.78, 5) is 15.2. The van der Waals surface area contributed by atoms with E-state index in [2.05, 4.69) is 50.9 Å². The first-order valence-corrected chi connectivity index (χ1v) is 10.1. The highest BCUT2D eigenvalue weighted by atomic mass is 19.1. The fraction of sp³-hybridized carbons (Fsp3) is 0.364. The summed E-state index contributed by atoms with van der Waals surface area (Å²) in [6, 6.07) is 14.5. The molecule has 2 aromatic carbocycles. The first-order chi connectivity index (χ1) is 14.6. The van der Waals surface area contributed by atoms with Crippen molar-refractivity contribution in [3.8, 4) is 0 Å². The number of carbonyl (C=O) groups excluding carboxylic acids is 1. The van der Waals surface area contributed by atoms with Gasteiger partial charge in [-0.1, -0.05) is 42.0 Å². The van der Waals surface area contributed by atoms with Crippen LogP contribution in [0.15, 0.2) is 54.9 Å². The Morgan fingerprint density at radius 2 is 2.03 bits per heavy atom. The maximum absolute atomic E-state index is 13.1. The monoisotopic (exact) mass is 408 g/mol. The van der Waals surface area contributed by atoms with Crippen LogP contribution in [0, 0.1) is 12.7 Å². The Morgan fingerprint density at radius 3 is 2.77 bits per heavy atom. The molecule has 1 saturated heterocycles. The van der Waals surface area contributed by atoms with Crippen LogP contribution < -0.4 is 5.32 Å². The smallest absolute Gasteiger partial charge is 0.237 e. The fourth-order valence-corrected chi connectivity index (χ4v) is 4.00. The highest BCUT2D eigenvalue weighted by Crippen LogP contribution is 2.28. The molecule has 2 heterocycles. The first-order valence-electron chi connectivity index (χ1n) is 10.1. The van der Waals surface area contributed by atoms with E-state index < -0.39 is 0 Å². The molecular weight excluding hydrogens is 383 g/mol. The van der Waals surface area contributed by atoms with Gasteiger partial charge in [0.2, 0.25) is 5.91 Å². The van der Waals surface area contributed by atoms with Gasteiger partial charge in [-0.25, -0.2) is 9.07 Å². The molecule has 1 amide bonds. The molecule has 1 N–H and O–H groups in total. The van der Waals surface area contributed by atoms with Crippen molar-refractivity contribution < 1.29 is 9.18 Å². The number of likely N-dealkylation sites (tertiary alicyclic amines) is 1. The highest BCUT2D eigenvalue weighted by molar-refractivity contribution is 5.82. The third-order valence-corrected chi connectivity index (χ3v) is 5.52. The zero-order valence-electron chi connectivity index (χ0n) is 16.9. The fourth-order valence-electron chi connectivity index (χ4n) is 4.00. The van der Waals surface area contributed by atoms with Gasteiger partial charge in [0.05, 0.1) is 12.1 Å². The van der Waals surface area contributed by atoms with Crippen molar-refractivity contribution in [1.29, 1.82) is 0 Å². The van der Waals surface area contributed by atoms with E-state index in [1.165, 1.54) is 23.3 Å². The van der Waals surface area contributed by atoms with E-state index >= 15 is 0 Å².